The predicted octanol–water partition coefficient (Wildman–Crippen LogP) is 1.20. The van der Waals surface area contributed by atoms with Crippen LogP contribution < -0.4 is 16.4 Å². The van der Waals surface area contributed by atoms with E-state index in [2.05, 4.69) is 10.6 Å². The molecule has 0 spiro atoms. The lowest BCUT2D eigenvalue weighted by molar-refractivity contribution is -0.0135. The zero-order valence-corrected chi connectivity index (χ0v) is 10.9. The Kier molecular flexibility index (Phi) is 4.24. The number of nitrogen functional groups attached to an aromatic ring is 1. The molecule has 1 aromatic carbocycles. The highest BCUT2D eigenvalue weighted by atomic mass is 16.5. The van der Waals surface area contributed by atoms with Gasteiger partial charge < -0.3 is 25.8 Å². The Morgan fingerprint density at radius 1 is 1.47 bits per heavy atom. The summed E-state index contributed by atoms with van der Waals surface area (Å²) in [6, 6.07) is 6.70. The van der Waals surface area contributed by atoms with Crippen LogP contribution in [0.2, 0.25) is 0 Å². The number of nitrogens with two attached hydrogens (primary N) is 1. The van der Waals surface area contributed by atoms with Crippen molar-refractivity contribution >= 4 is 17.4 Å². The van der Waals surface area contributed by atoms with Crippen molar-refractivity contribution in [2.45, 2.75) is 12.0 Å². The summed E-state index contributed by atoms with van der Waals surface area (Å²) < 4.78 is 10.7. The van der Waals surface area contributed by atoms with Crippen LogP contribution in [-0.4, -0.2) is 38.5 Å². The molecule has 19 heavy (non-hydrogen) atoms. The first-order valence-corrected chi connectivity index (χ1v) is 6.17. The maximum atomic E-state index is 11.8. The second kappa shape index (κ2) is 5.90. The van der Waals surface area contributed by atoms with Gasteiger partial charge in [-0.2, -0.15) is 0 Å². The lowest BCUT2D eigenvalue weighted by Crippen LogP contribution is -2.46. The van der Waals surface area contributed by atoms with Crippen molar-refractivity contribution in [2.24, 2.45) is 0 Å². The SMILES string of the molecule is COC1(CNC(=O)Nc2ccc(N)cc2)CCOC1. The molecular weight excluding hydrogens is 246 g/mol. The molecule has 1 aromatic rings. The number of ether oxygens (including phenoxy) is 2. The Labute approximate surface area is 112 Å². The smallest absolute Gasteiger partial charge is 0.319 e. The molecule has 0 aromatic heterocycles. The number of amides is 2. The van der Waals surface area contributed by atoms with Crippen molar-refractivity contribution in [3.63, 3.8) is 0 Å². The summed E-state index contributed by atoms with van der Waals surface area (Å²) in [7, 11) is 1.63. The molecule has 4 N–H and O–H groups in total. The van der Waals surface area contributed by atoms with Gasteiger partial charge in [-0.05, 0) is 24.3 Å². The average molecular weight is 265 g/mol. The number of rotatable bonds is 4. The monoisotopic (exact) mass is 265 g/mol. The van der Waals surface area contributed by atoms with Gasteiger partial charge in [0.2, 0.25) is 0 Å². The van der Waals surface area contributed by atoms with Crippen LogP contribution >= 0.6 is 0 Å². The van der Waals surface area contributed by atoms with Crippen LogP contribution in [0.25, 0.3) is 0 Å². The Bertz CT molecular complexity index is 427. The first-order chi connectivity index (χ1) is 9.13. The molecule has 1 aliphatic rings. The first kappa shape index (κ1) is 13.6. The summed E-state index contributed by atoms with van der Waals surface area (Å²) >= 11 is 0. The van der Waals surface area contributed by atoms with E-state index >= 15 is 0 Å². The van der Waals surface area contributed by atoms with E-state index in [4.69, 9.17) is 15.2 Å². The van der Waals surface area contributed by atoms with Gasteiger partial charge in [-0.1, -0.05) is 0 Å². The quantitative estimate of drug-likeness (QED) is 0.714. The van der Waals surface area contributed by atoms with Gasteiger partial charge in [0.05, 0.1) is 13.2 Å². The highest BCUT2D eigenvalue weighted by Gasteiger charge is 2.35. The Morgan fingerprint density at radius 3 is 2.79 bits per heavy atom. The van der Waals surface area contributed by atoms with Gasteiger partial charge in [0.25, 0.3) is 0 Å². The minimum atomic E-state index is -0.404. The van der Waals surface area contributed by atoms with Crippen molar-refractivity contribution in [3.05, 3.63) is 24.3 Å². The van der Waals surface area contributed by atoms with Crippen LogP contribution in [0.1, 0.15) is 6.42 Å². The van der Waals surface area contributed by atoms with Gasteiger partial charge in [-0.25, -0.2) is 4.79 Å². The molecular formula is C13H19N3O3. The summed E-state index contributed by atoms with van der Waals surface area (Å²) in [5.41, 5.74) is 6.53. The lowest BCUT2D eigenvalue weighted by Gasteiger charge is -2.25. The summed E-state index contributed by atoms with van der Waals surface area (Å²) in [6.07, 6.45) is 0.783. The Hall–Kier alpha value is -1.79. The zero-order chi connectivity index (χ0) is 13.7. The Balaban J connectivity index is 1.82. The lowest BCUT2D eigenvalue weighted by atomic mass is 10.0. The first-order valence-electron chi connectivity index (χ1n) is 6.17. The number of benzene rings is 1. The summed E-state index contributed by atoms with van der Waals surface area (Å²) in [6.45, 7) is 1.59. The van der Waals surface area contributed by atoms with E-state index in [9.17, 15) is 4.79 Å². The molecule has 0 radical (unpaired) electrons. The molecule has 0 saturated carbocycles. The van der Waals surface area contributed by atoms with Crippen LogP contribution in [0, 0.1) is 0 Å². The number of hydrogen-bond donors (Lipinski definition) is 3. The molecule has 2 amide bonds. The predicted molar refractivity (Wildman–Crippen MR) is 73.1 cm³/mol. The fraction of sp³-hybridized carbons (Fsp3) is 0.462. The van der Waals surface area contributed by atoms with Crippen molar-refractivity contribution in [3.8, 4) is 0 Å². The molecule has 1 atom stereocenters. The number of carbonyl (C=O) groups is 1. The summed E-state index contributed by atoms with van der Waals surface area (Å²) in [5, 5.41) is 5.53. The number of hydrogen-bond acceptors (Lipinski definition) is 4. The molecule has 104 valence electrons. The van der Waals surface area contributed by atoms with Crippen molar-refractivity contribution in [1.29, 1.82) is 0 Å². The fourth-order valence-corrected chi connectivity index (χ4v) is 1.94. The maximum absolute atomic E-state index is 11.8. The molecule has 2 rings (SSSR count). The van der Waals surface area contributed by atoms with Crippen molar-refractivity contribution < 1.29 is 14.3 Å². The minimum Gasteiger partial charge on any atom is -0.399 e. The number of nitrogens with one attached hydrogen (secondary N) is 2. The van der Waals surface area contributed by atoms with E-state index < -0.39 is 5.60 Å². The minimum absolute atomic E-state index is 0.270. The number of urea groups is 1. The van der Waals surface area contributed by atoms with Gasteiger partial charge >= 0.3 is 6.03 Å². The fourth-order valence-electron chi connectivity index (χ4n) is 1.94. The van der Waals surface area contributed by atoms with Gasteiger partial charge in [-0.15, -0.1) is 0 Å². The largest absolute Gasteiger partial charge is 0.399 e. The van der Waals surface area contributed by atoms with Crippen LogP contribution in [0.4, 0.5) is 16.2 Å². The molecule has 1 fully saturated rings. The summed E-state index contributed by atoms with van der Waals surface area (Å²) in [4.78, 5) is 11.8. The highest BCUT2D eigenvalue weighted by Crippen LogP contribution is 2.21. The molecule has 1 aliphatic heterocycles. The van der Waals surface area contributed by atoms with E-state index in [-0.39, 0.29) is 6.03 Å². The van der Waals surface area contributed by atoms with Gasteiger partial charge in [0.1, 0.15) is 5.60 Å². The third-order valence-electron chi connectivity index (χ3n) is 3.24. The zero-order valence-electron chi connectivity index (χ0n) is 10.9. The van der Waals surface area contributed by atoms with Crippen LogP contribution in [0.15, 0.2) is 24.3 Å². The van der Waals surface area contributed by atoms with Gasteiger partial charge in [0.15, 0.2) is 0 Å². The molecule has 6 nitrogen and oxygen atoms in total. The van der Waals surface area contributed by atoms with E-state index in [1.54, 1.807) is 31.4 Å². The summed E-state index contributed by atoms with van der Waals surface area (Å²) in [5.74, 6) is 0. The van der Waals surface area contributed by atoms with Crippen molar-refractivity contribution in [2.75, 3.05) is 37.9 Å². The molecule has 1 unspecified atom stereocenters. The number of anilines is 2. The average Bonchev–Trinajstić information content (AvgIpc) is 2.89. The molecule has 0 bridgehead atoms. The van der Waals surface area contributed by atoms with Gasteiger partial charge in [0, 0.05) is 31.5 Å². The van der Waals surface area contributed by atoms with Crippen LogP contribution in [-0.2, 0) is 9.47 Å². The van der Waals surface area contributed by atoms with E-state index in [0.717, 1.165) is 6.42 Å². The van der Waals surface area contributed by atoms with Crippen molar-refractivity contribution in [1.82, 2.24) is 5.32 Å². The van der Waals surface area contributed by atoms with Crippen LogP contribution in [0.5, 0.6) is 0 Å². The highest BCUT2D eigenvalue weighted by molar-refractivity contribution is 5.89. The maximum Gasteiger partial charge on any atom is 0.319 e. The number of carbonyl (C=O) groups excluding carboxylic acids is 1. The third-order valence-corrected chi connectivity index (χ3v) is 3.24. The molecule has 6 heteroatoms. The second-order valence-electron chi connectivity index (χ2n) is 4.62. The normalized spacial score (nSPS) is 22.2. The van der Waals surface area contributed by atoms with E-state index in [1.807, 2.05) is 0 Å². The molecule has 1 heterocycles. The second-order valence-corrected chi connectivity index (χ2v) is 4.62. The van der Waals surface area contributed by atoms with E-state index in [0.29, 0.717) is 31.1 Å². The third kappa shape index (κ3) is 3.59. The standard InChI is InChI=1S/C13H19N3O3/c1-18-13(6-7-19-9-13)8-15-12(17)16-11-4-2-10(14)3-5-11/h2-5H,6-9,14H2,1H3,(H2,15,16,17). The Morgan fingerprint density at radius 2 is 2.21 bits per heavy atom. The molecule has 0 aliphatic carbocycles. The van der Waals surface area contributed by atoms with Crippen LogP contribution in [0.3, 0.4) is 0 Å². The number of methoxy groups -OCH3 is 1. The molecule has 1 saturated heterocycles. The topological polar surface area (TPSA) is 85.6 Å². The van der Waals surface area contributed by atoms with E-state index in [1.165, 1.54) is 0 Å². The van der Waals surface area contributed by atoms with Gasteiger partial charge in [-0.3, -0.25) is 0 Å².